The fraction of sp³-hybridized carbons (Fsp3) is 0.188. The van der Waals surface area contributed by atoms with Crippen LogP contribution in [0, 0.1) is 5.82 Å². The van der Waals surface area contributed by atoms with E-state index in [1.165, 1.54) is 24.3 Å². The molecule has 0 heterocycles. The summed E-state index contributed by atoms with van der Waals surface area (Å²) < 4.78 is 23.0. The van der Waals surface area contributed by atoms with Crippen molar-refractivity contribution < 1.29 is 24.4 Å². The second kappa shape index (κ2) is 6.85. The van der Waals surface area contributed by atoms with Gasteiger partial charge in [0.15, 0.2) is 0 Å². The number of carbonyl (C=O) groups excluding carboxylic acids is 1. The summed E-state index contributed by atoms with van der Waals surface area (Å²) >= 11 is 0. The van der Waals surface area contributed by atoms with E-state index < -0.39 is 0 Å². The van der Waals surface area contributed by atoms with Gasteiger partial charge in [-0.3, -0.25) is 4.79 Å². The summed E-state index contributed by atoms with van der Waals surface area (Å²) in [6.45, 7) is 0. The van der Waals surface area contributed by atoms with Crippen molar-refractivity contribution >= 4 is 11.7 Å². The summed E-state index contributed by atoms with van der Waals surface area (Å²) in [5.74, 6) is 0.322. The minimum absolute atomic E-state index is 0.215. The Morgan fingerprint density at radius 2 is 1.81 bits per heavy atom. The Labute approximate surface area is 122 Å². The Hall–Kier alpha value is -2.40. The third-order valence-electron chi connectivity index (χ3n) is 3.06. The maximum absolute atomic E-state index is 12.8. The van der Waals surface area contributed by atoms with Crippen LogP contribution < -0.4 is 15.2 Å². The molecule has 0 atom stereocenters. The smallest absolute Gasteiger partial charge is 0.311 e. The first kappa shape index (κ1) is 15.0. The molecule has 0 radical (unpaired) electrons. The summed E-state index contributed by atoms with van der Waals surface area (Å²) in [6.07, 6.45) is 0.725. The SMILES string of the molecule is COc1ccc([NH3+])c(CCC(=O)Oc2ccc(F)cc2)c1. The number of halogens is 1. The molecule has 0 aromatic heterocycles. The molecule has 0 spiro atoms. The molecule has 0 aliphatic carbocycles. The zero-order chi connectivity index (χ0) is 15.2. The fourth-order valence-corrected chi connectivity index (χ4v) is 1.88. The van der Waals surface area contributed by atoms with Crippen molar-refractivity contribution in [1.82, 2.24) is 0 Å². The number of rotatable bonds is 5. The molecule has 3 N–H and O–H groups in total. The highest BCUT2D eigenvalue weighted by Crippen LogP contribution is 2.20. The second-order valence-corrected chi connectivity index (χ2v) is 4.56. The van der Waals surface area contributed by atoms with Crippen molar-refractivity contribution in [2.75, 3.05) is 7.11 Å². The number of methoxy groups -OCH3 is 1. The standard InChI is InChI=1S/C16H16FNO3/c1-20-14-7-8-15(18)11(10-14)2-9-16(19)21-13-5-3-12(17)4-6-13/h3-8,10H,2,9,18H2,1H3/p+1. The largest absolute Gasteiger partial charge is 0.497 e. The number of benzene rings is 2. The van der Waals surface area contributed by atoms with Crippen molar-refractivity contribution in [1.29, 1.82) is 0 Å². The molecule has 0 fully saturated rings. The molecule has 0 amide bonds. The van der Waals surface area contributed by atoms with Crippen molar-refractivity contribution in [3.05, 3.63) is 53.8 Å². The van der Waals surface area contributed by atoms with Gasteiger partial charge in [0.25, 0.3) is 0 Å². The lowest BCUT2D eigenvalue weighted by atomic mass is 10.1. The highest BCUT2D eigenvalue weighted by Gasteiger charge is 2.10. The first-order valence-corrected chi connectivity index (χ1v) is 6.53. The number of quaternary nitrogens is 1. The predicted octanol–water partition coefficient (Wildman–Crippen LogP) is 2.25. The first-order valence-electron chi connectivity index (χ1n) is 6.53. The summed E-state index contributed by atoms with van der Waals surface area (Å²) in [5.41, 5.74) is 5.71. The van der Waals surface area contributed by atoms with E-state index in [4.69, 9.17) is 9.47 Å². The van der Waals surface area contributed by atoms with Crippen LogP contribution in [0.2, 0.25) is 0 Å². The van der Waals surface area contributed by atoms with E-state index >= 15 is 0 Å². The molecular formula is C16H17FNO3+. The van der Waals surface area contributed by atoms with E-state index in [-0.39, 0.29) is 18.2 Å². The summed E-state index contributed by atoms with van der Waals surface area (Å²) in [7, 11) is 1.59. The maximum Gasteiger partial charge on any atom is 0.311 e. The number of esters is 1. The monoisotopic (exact) mass is 290 g/mol. The van der Waals surface area contributed by atoms with Crippen molar-refractivity contribution in [2.24, 2.45) is 0 Å². The predicted molar refractivity (Wildman–Crippen MR) is 75.9 cm³/mol. The highest BCUT2D eigenvalue weighted by molar-refractivity contribution is 5.72. The molecule has 0 bridgehead atoms. The minimum atomic E-state index is -0.371. The number of aryl methyl sites for hydroxylation is 1. The van der Waals surface area contributed by atoms with Crippen LogP contribution in [0.4, 0.5) is 10.1 Å². The quantitative estimate of drug-likeness (QED) is 0.678. The van der Waals surface area contributed by atoms with E-state index in [1.807, 2.05) is 18.2 Å². The molecule has 4 nitrogen and oxygen atoms in total. The molecule has 5 heteroatoms. The molecule has 0 aliphatic rings. The van der Waals surface area contributed by atoms with Crippen LogP contribution in [0.5, 0.6) is 11.5 Å². The van der Waals surface area contributed by atoms with Gasteiger partial charge in [0, 0.05) is 11.6 Å². The van der Waals surface area contributed by atoms with Crippen LogP contribution in [0.3, 0.4) is 0 Å². The second-order valence-electron chi connectivity index (χ2n) is 4.56. The molecule has 2 aromatic rings. The Balaban J connectivity index is 1.93. The van der Waals surface area contributed by atoms with Gasteiger partial charge in [0.1, 0.15) is 23.0 Å². The molecule has 0 aliphatic heterocycles. The van der Waals surface area contributed by atoms with Gasteiger partial charge in [-0.05, 0) is 42.8 Å². The molecule has 2 rings (SSSR count). The zero-order valence-corrected chi connectivity index (χ0v) is 11.8. The Morgan fingerprint density at radius 3 is 2.48 bits per heavy atom. The van der Waals surface area contributed by atoms with Crippen molar-refractivity contribution in [3.8, 4) is 11.5 Å². The third-order valence-corrected chi connectivity index (χ3v) is 3.06. The molecule has 0 unspecified atom stereocenters. The Morgan fingerprint density at radius 1 is 1.14 bits per heavy atom. The van der Waals surface area contributed by atoms with Crippen molar-refractivity contribution in [3.63, 3.8) is 0 Å². The van der Waals surface area contributed by atoms with Gasteiger partial charge < -0.3 is 15.2 Å². The number of hydrogen-bond donors (Lipinski definition) is 1. The van der Waals surface area contributed by atoms with Crippen LogP contribution >= 0.6 is 0 Å². The van der Waals surface area contributed by atoms with Gasteiger partial charge in [-0.2, -0.15) is 0 Å². The summed E-state index contributed by atoms with van der Waals surface area (Å²) in [5, 5.41) is 0. The normalized spacial score (nSPS) is 10.2. The molecule has 110 valence electrons. The van der Waals surface area contributed by atoms with Crippen LogP contribution in [0.15, 0.2) is 42.5 Å². The summed E-state index contributed by atoms with van der Waals surface area (Å²) in [6, 6.07) is 10.9. The van der Waals surface area contributed by atoms with Gasteiger partial charge in [-0.15, -0.1) is 0 Å². The Bertz CT molecular complexity index is 626. The van der Waals surface area contributed by atoms with E-state index in [0.29, 0.717) is 12.2 Å². The number of hydrogen-bond acceptors (Lipinski definition) is 3. The lowest BCUT2D eigenvalue weighted by Gasteiger charge is -2.06. The van der Waals surface area contributed by atoms with E-state index in [9.17, 15) is 9.18 Å². The lowest BCUT2D eigenvalue weighted by molar-refractivity contribution is -0.255. The van der Waals surface area contributed by atoms with E-state index in [0.717, 1.165) is 17.0 Å². The van der Waals surface area contributed by atoms with Gasteiger partial charge in [-0.25, -0.2) is 4.39 Å². The van der Waals surface area contributed by atoms with Crippen LogP contribution in [0.25, 0.3) is 0 Å². The van der Waals surface area contributed by atoms with Crippen LogP contribution in [-0.2, 0) is 11.2 Å². The van der Waals surface area contributed by atoms with Gasteiger partial charge in [0.2, 0.25) is 0 Å². The number of carbonyl (C=O) groups is 1. The summed E-state index contributed by atoms with van der Waals surface area (Å²) in [4.78, 5) is 11.8. The van der Waals surface area contributed by atoms with E-state index in [2.05, 4.69) is 5.73 Å². The average Bonchev–Trinajstić information content (AvgIpc) is 2.49. The molecule has 0 saturated heterocycles. The average molecular weight is 290 g/mol. The first-order chi connectivity index (χ1) is 10.1. The third kappa shape index (κ3) is 4.29. The zero-order valence-electron chi connectivity index (χ0n) is 11.8. The van der Waals surface area contributed by atoms with Crippen LogP contribution in [-0.4, -0.2) is 13.1 Å². The van der Waals surface area contributed by atoms with Gasteiger partial charge >= 0.3 is 5.97 Å². The van der Waals surface area contributed by atoms with Gasteiger partial charge in [0.05, 0.1) is 13.5 Å². The van der Waals surface area contributed by atoms with Crippen LogP contribution in [0.1, 0.15) is 12.0 Å². The molecule has 0 saturated carbocycles. The fourth-order valence-electron chi connectivity index (χ4n) is 1.88. The van der Waals surface area contributed by atoms with Crippen molar-refractivity contribution in [2.45, 2.75) is 12.8 Å². The molecular weight excluding hydrogens is 273 g/mol. The maximum atomic E-state index is 12.8. The molecule has 21 heavy (non-hydrogen) atoms. The van der Waals surface area contributed by atoms with Gasteiger partial charge in [-0.1, -0.05) is 0 Å². The lowest BCUT2D eigenvalue weighted by Crippen LogP contribution is -2.41. The topological polar surface area (TPSA) is 63.2 Å². The highest BCUT2D eigenvalue weighted by atomic mass is 19.1. The number of ether oxygens (including phenoxy) is 2. The Kier molecular flexibility index (Phi) is 4.90. The minimum Gasteiger partial charge on any atom is -0.497 e. The van der Waals surface area contributed by atoms with E-state index in [1.54, 1.807) is 7.11 Å². The molecule has 2 aromatic carbocycles.